The molecule has 26 heavy (non-hydrogen) atoms. The van der Waals surface area contributed by atoms with E-state index in [1.165, 1.54) is 29.6 Å². The molecule has 2 aromatic heterocycles. The molecule has 0 radical (unpaired) electrons. The number of aliphatic carboxylic acids is 1. The Bertz CT molecular complexity index is 978. The summed E-state index contributed by atoms with van der Waals surface area (Å²) in [5, 5.41) is 19.3. The fourth-order valence-electron chi connectivity index (χ4n) is 2.34. The predicted molar refractivity (Wildman–Crippen MR) is 104 cm³/mol. The summed E-state index contributed by atoms with van der Waals surface area (Å²) in [5.41, 5.74) is 8.18. The second kappa shape index (κ2) is 7.27. The number of nitrogen functional groups attached to an aromatic ring is 1. The summed E-state index contributed by atoms with van der Waals surface area (Å²) in [6.07, 6.45) is -0.922. The number of hydrogen-bond donors (Lipinski definition) is 3. The standard InChI is InChI=1S/C18H17N3O3S2/c1-9(18(22)23)24-12-5-3-4-11(6-12)14-8-25-17(21-14)13-7-15(16(19)20)26-10(13)2/h3-9H,1-2H3,(H3,19,20)(H,22,23). The van der Waals surface area contributed by atoms with E-state index in [0.29, 0.717) is 5.75 Å². The van der Waals surface area contributed by atoms with Crippen LogP contribution in [-0.2, 0) is 4.79 Å². The van der Waals surface area contributed by atoms with E-state index >= 15 is 0 Å². The van der Waals surface area contributed by atoms with Gasteiger partial charge in [0.05, 0.1) is 10.6 Å². The highest BCUT2D eigenvalue weighted by Gasteiger charge is 2.15. The van der Waals surface area contributed by atoms with E-state index in [4.69, 9.17) is 21.0 Å². The lowest BCUT2D eigenvalue weighted by Gasteiger charge is -2.10. The quantitative estimate of drug-likeness (QED) is 0.438. The van der Waals surface area contributed by atoms with E-state index in [1.54, 1.807) is 12.1 Å². The summed E-state index contributed by atoms with van der Waals surface area (Å²) in [5.74, 6) is -0.475. The van der Waals surface area contributed by atoms with E-state index in [-0.39, 0.29) is 5.84 Å². The number of hydrogen-bond acceptors (Lipinski definition) is 6. The number of nitrogens with two attached hydrogens (primary N) is 1. The van der Waals surface area contributed by atoms with Crippen LogP contribution in [0, 0.1) is 12.3 Å². The Morgan fingerprint density at radius 1 is 1.38 bits per heavy atom. The molecule has 4 N–H and O–H groups in total. The van der Waals surface area contributed by atoms with Gasteiger partial charge in [-0.25, -0.2) is 9.78 Å². The van der Waals surface area contributed by atoms with Crippen LogP contribution in [0.5, 0.6) is 5.75 Å². The first-order valence-electron chi connectivity index (χ1n) is 7.75. The van der Waals surface area contributed by atoms with Gasteiger partial charge in [0, 0.05) is 21.4 Å². The highest BCUT2D eigenvalue weighted by atomic mass is 32.1. The van der Waals surface area contributed by atoms with Gasteiger partial charge in [-0.3, -0.25) is 5.41 Å². The second-order valence-corrected chi connectivity index (χ2v) is 7.77. The lowest BCUT2D eigenvalue weighted by atomic mass is 10.1. The van der Waals surface area contributed by atoms with Gasteiger partial charge in [0.25, 0.3) is 0 Å². The Labute approximate surface area is 158 Å². The first kappa shape index (κ1) is 18.1. The van der Waals surface area contributed by atoms with Gasteiger partial charge in [-0.05, 0) is 32.0 Å². The molecule has 0 aliphatic rings. The highest BCUT2D eigenvalue weighted by Crippen LogP contribution is 2.35. The average molecular weight is 387 g/mol. The Kier molecular flexibility index (Phi) is 5.06. The van der Waals surface area contributed by atoms with Crippen molar-refractivity contribution in [2.24, 2.45) is 5.73 Å². The molecule has 1 aromatic carbocycles. The fourth-order valence-corrected chi connectivity index (χ4v) is 4.19. The second-order valence-electron chi connectivity index (χ2n) is 5.66. The van der Waals surface area contributed by atoms with Crippen LogP contribution < -0.4 is 10.5 Å². The molecule has 134 valence electrons. The smallest absolute Gasteiger partial charge is 0.344 e. The summed E-state index contributed by atoms with van der Waals surface area (Å²) in [4.78, 5) is 17.4. The lowest BCUT2D eigenvalue weighted by molar-refractivity contribution is -0.144. The maximum absolute atomic E-state index is 10.9. The van der Waals surface area contributed by atoms with E-state index < -0.39 is 12.1 Å². The molecular formula is C18H17N3O3S2. The SMILES string of the molecule is Cc1sc(C(=N)N)cc1-c1nc(-c2cccc(OC(C)C(=O)O)c2)cs1. The number of amidine groups is 1. The molecular weight excluding hydrogens is 370 g/mol. The van der Waals surface area contributed by atoms with Crippen molar-refractivity contribution in [3.8, 4) is 27.6 Å². The molecule has 1 atom stereocenters. The van der Waals surface area contributed by atoms with Gasteiger partial charge in [-0.1, -0.05) is 12.1 Å². The van der Waals surface area contributed by atoms with Gasteiger partial charge in [-0.15, -0.1) is 22.7 Å². The van der Waals surface area contributed by atoms with E-state index in [9.17, 15) is 4.79 Å². The number of ether oxygens (including phenoxy) is 1. The molecule has 0 bridgehead atoms. The number of carbonyl (C=O) groups is 1. The molecule has 0 saturated heterocycles. The number of aromatic nitrogens is 1. The number of carboxylic acids is 1. The zero-order chi connectivity index (χ0) is 18.8. The van der Waals surface area contributed by atoms with Gasteiger partial charge >= 0.3 is 5.97 Å². The molecule has 2 heterocycles. The maximum atomic E-state index is 10.9. The Morgan fingerprint density at radius 3 is 2.81 bits per heavy atom. The first-order valence-corrected chi connectivity index (χ1v) is 9.45. The summed E-state index contributed by atoms with van der Waals surface area (Å²) < 4.78 is 5.42. The number of rotatable bonds is 6. The van der Waals surface area contributed by atoms with Crippen molar-refractivity contribution in [2.75, 3.05) is 0 Å². The van der Waals surface area contributed by atoms with Crippen molar-refractivity contribution in [3.05, 3.63) is 45.5 Å². The zero-order valence-electron chi connectivity index (χ0n) is 14.1. The van der Waals surface area contributed by atoms with E-state index in [2.05, 4.69) is 4.98 Å². The number of thiazole rings is 1. The Hall–Kier alpha value is -2.71. The number of nitrogens with zero attached hydrogens (tertiary/aromatic N) is 1. The average Bonchev–Trinajstić information content (AvgIpc) is 3.21. The molecule has 3 aromatic rings. The maximum Gasteiger partial charge on any atom is 0.344 e. The minimum absolute atomic E-state index is 0.0542. The Morgan fingerprint density at radius 2 is 2.15 bits per heavy atom. The van der Waals surface area contributed by atoms with Crippen LogP contribution in [0.25, 0.3) is 21.8 Å². The van der Waals surface area contributed by atoms with Crippen LogP contribution >= 0.6 is 22.7 Å². The number of benzene rings is 1. The largest absolute Gasteiger partial charge is 0.479 e. The van der Waals surface area contributed by atoms with Crippen LogP contribution in [0.4, 0.5) is 0 Å². The third-order valence-electron chi connectivity index (χ3n) is 3.71. The van der Waals surface area contributed by atoms with Crippen molar-refractivity contribution < 1.29 is 14.6 Å². The topological polar surface area (TPSA) is 109 Å². The molecule has 0 aliphatic carbocycles. The van der Waals surface area contributed by atoms with Crippen LogP contribution in [0.1, 0.15) is 16.7 Å². The minimum Gasteiger partial charge on any atom is -0.479 e. The van der Waals surface area contributed by atoms with Gasteiger partial charge in [0.1, 0.15) is 16.6 Å². The van der Waals surface area contributed by atoms with Gasteiger partial charge in [0.2, 0.25) is 0 Å². The van der Waals surface area contributed by atoms with Crippen molar-refractivity contribution in [1.82, 2.24) is 4.98 Å². The molecule has 6 nitrogen and oxygen atoms in total. The molecule has 0 saturated carbocycles. The zero-order valence-corrected chi connectivity index (χ0v) is 15.8. The fraction of sp³-hybridized carbons (Fsp3) is 0.167. The molecule has 0 amide bonds. The van der Waals surface area contributed by atoms with E-state index in [0.717, 1.165) is 31.6 Å². The number of carboxylic acid groups (broad SMARTS) is 1. The first-order chi connectivity index (χ1) is 12.3. The van der Waals surface area contributed by atoms with E-state index in [1.807, 2.05) is 30.5 Å². The van der Waals surface area contributed by atoms with Crippen LogP contribution in [0.3, 0.4) is 0 Å². The van der Waals surface area contributed by atoms with Crippen molar-refractivity contribution in [3.63, 3.8) is 0 Å². The van der Waals surface area contributed by atoms with Crippen LogP contribution in [0.15, 0.2) is 35.7 Å². The van der Waals surface area contributed by atoms with Gasteiger partial charge in [-0.2, -0.15) is 0 Å². The minimum atomic E-state index is -1.01. The van der Waals surface area contributed by atoms with Crippen molar-refractivity contribution >= 4 is 34.5 Å². The number of thiophene rings is 1. The van der Waals surface area contributed by atoms with Crippen molar-refractivity contribution in [2.45, 2.75) is 20.0 Å². The number of aryl methyl sites for hydroxylation is 1. The summed E-state index contributed by atoms with van der Waals surface area (Å²) in [7, 11) is 0. The molecule has 0 spiro atoms. The normalized spacial score (nSPS) is 11.9. The Balaban J connectivity index is 1.88. The predicted octanol–water partition coefficient (Wildman–Crippen LogP) is 3.98. The summed E-state index contributed by atoms with van der Waals surface area (Å²) >= 11 is 2.99. The molecule has 0 fully saturated rings. The van der Waals surface area contributed by atoms with Crippen LogP contribution in [-0.4, -0.2) is 28.0 Å². The monoisotopic (exact) mass is 387 g/mol. The van der Waals surface area contributed by atoms with Gasteiger partial charge < -0.3 is 15.6 Å². The number of nitrogens with one attached hydrogen (secondary N) is 1. The molecule has 0 aliphatic heterocycles. The molecule has 1 unspecified atom stereocenters. The molecule has 8 heteroatoms. The summed E-state index contributed by atoms with van der Waals surface area (Å²) in [6, 6.07) is 9.09. The third-order valence-corrected chi connectivity index (χ3v) is 5.67. The van der Waals surface area contributed by atoms with Crippen molar-refractivity contribution in [1.29, 1.82) is 5.41 Å². The third kappa shape index (κ3) is 3.76. The lowest BCUT2D eigenvalue weighted by Crippen LogP contribution is -2.22. The van der Waals surface area contributed by atoms with Gasteiger partial charge in [0.15, 0.2) is 6.10 Å². The van der Waals surface area contributed by atoms with Crippen LogP contribution in [0.2, 0.25) is 0 Å². The molecule has 3 rings (SSSR count). The highest BCUT2D eigenvalue weighted by molar-refractivity contribution is 7.16. The summed E-state index contributed by atoms with van der Waals surface area (Å²) in [6.45, 7) is 3.47.